The lowest BCUT2D eigenvalue weighted by Gasteiger charge is -2.29. The molecule has 5 heteroatoms. The molecule has 3 unspecified atom stereocenters. The van der Waals surface area contributed by atoms with Crippen molar-refractivity contribution in [3.63, 3.8) is 0 Å². The first-order valence-electron chi connectivity index (χ1n) is 7.40. The molecular formula is C16H23ClN2O2. The van der Waals surface area contributed by atoms with E-state index in [0.717, 1.165) is 31.5 Å². The van der Waals surface area contributed by atoms with Crippen LogP contribution in [0.15, 0.2) is 24.3 Å². The van der Waals surface area contributed by atoms with E-state index in [-0.39, 0.29) is 24.4 Å². The van der Waals surface area contributed by atoms with Crippen molar-refractivity contribution < 1.29 is 9.53 Å². The Morgan fingerprint density at radius 2 is 2.19 bits per heavy atom. The topological polar surface area (TPSA) is 55.6 Å². The molecule has 0 radical (unpaired) electrons. The molecule has 2 aliphatic rings. The van der Waals surface area contributed by atoms with Gasteiger partial charge in [0.2, 0.25) is 0 Å². The molecule has 116 valence electrons. The number of hydrogen-bond acceptors (Lipinski definition) is 3. The Morgan fingerprint density at radius 3 is 2.90 bits per heavy atom. The van der Waals surface area contributed by atoms with Crippen LogP contribution in [0.4, 0.5) is 0 Å². The Kier molecular flexibility index (Phi) is 5.25. The van der Waals surface area contributed by atoms with E-state index in [1.165, 1.54) is 5.56 Å². The molecule has 0 bridgehead atoms. The summed E-state index contributed by atoms with van der Waals surface area (Å²) < 4.78 is 5.75. The number of rotatable bonds is 2. The van der Waals surface area contributed by atoms with Crippen LogP contribution in [-0.2, 0) is 16.0 Å². The summed E-state index contributed by atoms with van der Waals surface area (Å²) in [7, 11) is 0. The van der Waals surface area contributed by atoms with Crippen molar-refractivity contribution in [2.45, 2.75) is 31.9 Å². The van der Waals surface area contributed by atoms with Crippen LogP contribution in [-0.4, -0.2) is 36.5 Å². The van der Waals surface area contributed by atoms with Gasteiger partial charge in [-0.05, 0) is 36.8 Å². The van der Waals surface area contributed by atoms with Gasteiger partial charge in [-0.2, -0.15) is 0 Å². The van der Waals surface area contributed by atoms with Gasteiger partial charge < -0.3 is 15.4 Å². The molecule has 3 rings (SSSR count). The summed E-state index contributed by atoms with van der Waals surface area (Å²) in [5.74, 6) is 0.512. The maximum atomic E-state index is 12.7. The maximum absolute atomic E-state index is 12.7. The summed E-state index contributed by atoms with van der Waals surface area (Å²) in [5, 5.41) is 0. The maximum Gasteiger partial charge on any atom is 0.256 e. The predicted octanol–water partition coefficient (Wildman–Crippen LogP) is 1.92. The molecule has 2 N–H and O–H groups in total. The van der Waals surface area contributed by atoms with E-state index < -0.39 is 6.10 Å². The predicted molar refractivity (Wildman–Crippen MR) is 84.4 cm³/mol. The summed E-state index contributed by atoms with van der Waals surface area (Å²) in [6.45, 7) is 4.20. The quantitative estimate of drug-likeness (QED) is 0.908. The number of fused-ring (bicyclic) bond motifs is 1. The van der Waals surface area contributed by atoms with Crippen LogP contribution in [0.1, 0.15) is 30.6 Å². The zero-order chi connectivity index (χ0) is 14.1. The van der Waals surface area contributed by atoms with Gasteiger partial charge >= 0.3 is 0 Å². The van der Waals surface area contributed by atoms with E-state index in [1.807, 2.05) is 30.0 Å². The Bertz CT molecular complexity index is 507. The molecule has 1 aromatic rings. The monoisotopic (exact) mass is 310 g/mol. The lowest BCUT2D eigenvalue weighted by atomic mass is 9.97. The van der Waals surface area contributed by atoms with Gasteiger partial charge in [0, 0.05) is 19.1 Å². The normalized spacial score (nSPS) is 25.9. The summed E-state index contributed by atoms with van der Waals surface area (Å²) in [6.07, 6.45) is 1.46. The number of nitrogens with zero attached hydrogens (tertiary/aromatic N) is 1. The molecule has 3 atom stereocenters. The molecule has 0 aliphatic carbocycles. The molecule has 0 spiro atoms. The van der Waals surface area contributed by atoms with Gasteiger partial charge in [0.05, 0.1) is 6.61 Å². The lowest BCUT2D eigenvalue weighted by molar-refractivity contribution is -0.144. The molecule has 2 aliphatic heterocycles. The summed E-state index contributed by atoms with van der Waals surface area (Å²) in [4.78, 5) is 14.6. The van der Waals surface area contributed by atoms with Gasteiger partial charge in [0.1, 0.15) is 0 Å². The first-order chi connectivity index (χ1) is 9.66. The van der Waals surface area contributed by atoms with Gasteiger partial charge in [-0.3, -0.25) is 4.79 Å². The number of ether oxygens (including phenoxy) is 1. The number of halogens is 1. The standard InChI is InChI=1S/C16H22N2O2.ClH/c1-11(17)13-6-8-18(10-13)16(19)15-14-5-3-2-4-12(14)7-9-20-15;/h2-5,11,13,15H,6-10,17H2,1H3;1H. The van der Waals surface area contributed by atoms with Crippen LogP contribution in [0.5, 0.6) is 0 Å². The third-order valence-electron chi connectivity index (χ3n) is 4.50. The van der Waals surface area contributed by atoms with Gasteiger partial charge in [0.25, 0.3) is 5.91 Å². The van der Waals surface area contributed by atoms with E-state index in [1.54, 1.807) is 0 Å². The number of nitrogens with two attached hydrogens (primary N) is 1. The first-order valence-corrected chi connectivity index (χ1v) is 7.40. The Morgan fingerprint density at radius 1 is 1.43 bits per heavy atom. The zero-order valence-electron chi connectivity index (χ0n) is 12.3. The number of carbonyl (C=O) groups excluding carboxylic acids is 1. The van der Waals surface area contributed by atoms with Crippen LogP contribution >= 0.6 is 12.4 Å². The van der Waals surface area contributed by atoms with Crippen molar-refractivity contribution in [1.82, 2.24) is 4.90 Å². The molecule has 1 amide bonds. The molecule has 21 heavy (non-hydrogen) atoms. The molecule has 0 saturated carbocycles. The van der Waals surface area contributed by atoms with Crippen molar-refractivity contribution >= 4 is 18.3 Å². The number of likely N-dealkylation sites (tertiary alicyclic amines) is 1. The first kappa shape index (κ1) is 16.3. The second-order valence-electron chi connectivity index (χ2n) is 5.89. The van der Waals surface area contributed by atoms with Gasteiger partial charge in [0.15, 0.2) is 6.10 Å². The van der Waals surface area contributed by atoms with Crippen molar-refractivity contribution in [2.75, 3.05) is 19.7 Å². The van der Waals surface area contributed by atoms with Crippen LogP contribution in [0.3, 0.4) is 0 Å². The molecule has 1 aromatic carbocycles. The molecule has 1 saturated heterocycles. The summed E-state index contributed by atoms with van der Waals surface area (Å²) in [6, 6.07) is 8.24. The van der Waals surface area contributed by atoms with Crippen molar-refractivity contribution in [1.29, 1.82) is 0 Å². The van der Waals surface area contributed by atoms with Crippen LogP contribution in [0, 0.1) is 5.92 Å². The Labute approximate surface area is 132 Å². The molecule has 4 nitrogen and oxygen atoms in total. The highest BCUT2D eigenvalue weighted by atomic mass is 35.5. The van der Waals surface area contributed by atoms with Gasteiger partial charge in [-0.15, -0.1) is 12.4 Å². The molecule has 1 fully saturated rings. The summed E-state index contributed by atoms with van der Waals surface area (Å²) in [5.41, 5.74) is 8.22. The van der Waals surface area contributed by atoms with E-state index in [4.69, 9.17) is 10.5 Å². The molecule has 0 aromatic heterocycles. The SMILES string of the molecule is CC(N)C1CCN(C(=O)C2OCCc3ccccc32)C1.Cl. The third-order valence-corrected chi connectivity index (χ3v) is 4.50. The fourth-order valence-corrected chi connectivity index (χ4v) is 3.18. The molecular weight excluding hydrogens is 288 g/mol. The minimum Gasteiger partial charge on any atom is -0.363 e. The van der Waals surface area contributed by atoms with Crippen molar-refractivity contribution in [2.24, 2.45) is 11.7 Å². The minimum atomic E-state index is -0.424. The number of benzene rings is 1. The zero-order valence-corrected chi connectivity index (χ0v) is 13.1. The highest BCUT2D eigenvalue weighted by Gasteiger charge is 2.35. The van der Waals surface area contributed by atoms with E-state index in [0.29, 0.717) is 12.5 Å². The highest BCUT2D eigenvalue weighted by molar-refractivity contribution is 5.85. The number of carbonyl (C=O) groups is 1. The van der Waals surface area contributed by atoms with Gasteiger partial charge in [-0.1, -0.05) is 24.3 Å². The summed E-state index contributed by atoms with van der Waals surface area (Å²) >= 11 is 0. The van der Waals surface area contributed by atoms with Crippen LogP contribution in [0.25, 0.3) is 0 Å². The van der Waals surface area contributed by atoms with Crippen molar-refractivity contribution in [3.05, 3.63) is 35.4 Å². The van der Waals surface area contributed by atoms with Gasteiger partial charge in [-0.25, -0.2) is 0 Å². The third kappa shape index (κ3) is 3.23. The van der Waals surface area contributed by atoms with Crippen molar-refractivity contribution in [3.8, 4) is 0 Å². The largest absolute Gasteiger partial charge is 0.363 e. The lowest BCUT2D eigenvalue weighted by Crippen LogP contribution is -2.38. The van der Waals surface area contributed by atoms with E-state index in [9.17, 15) is 4.79 Å². The number of amides is 1. The van der Waals surface area contributed by atoms with Crippen LogP contribution in [0.2, 0.25) is 0 Å². The highest BCUT2D eigenvalue weighted by Crippen LogP contribution is 2.30. The van der Waals surface area contributed by atoms with E-state index in [2.05, 4.69) is 6.07 Å². The second kappa shape index (κ2) is 6.77. The van der Waals surface area contributed by atoms with E-state index >= 15 is 0 Å². The second-order valence-corrected chi connectivity index (χ2v) is 5.89. The smallest absolute Gasteiger partial charge is 0.256 e. The minimum absolute atomic E-state index is 0. The Balaban J connectivity index is 0.00000161. The molecule has 2 heterocycles. The number of hydrogen-bond donors (Lipinski definition) is 1. The fraction of sp³-hybridized carbons (Fsp3) is 0.562. The Hall–Kier alpha value is -1.10. The fourth-order valence-electron chi connectivity index (χ4n) is 3.18. The van der Waals surface area contributed by atoms with Crippen LogP contribution < -0.4 is 5.73 Å². The average molecular weight is 311 g/mol. The average Bonchev–Trinajstić information content (AvgIpc) is 2.96.